The Kier molecular flexibility index (Phi) is 4.41. The van der Waals surface area contributed by atoms with Crippen LogP contribution in [0.2, 0.25) is 5.02 Å². The van der Waals surface area contributed by atoms with Crippen LogP contribution < -0.4 is 10.6 Å². The van der Waals surface area contributed by atoms with Crippen molar-refractivity contribution >= 4 is 29.0 Å². The lowest BCUT2D eigenvalue weighted by atomic mass is 9.82. The summed E-state index contributed by atoms with van der Waals surface area (Å²) in [4.78, 5) is 13.1. The molecule has 2 heterocycles. The molecular formula is C20H16ClFN4O. The van der Waals surface area contributed by atoms with E-state index in [1.807, 2.05) is 37.3 Å². The van der Waals surface area contributed by atoms with Gasteiger partial charge < -0.3 is 10.6 Å². The van der Waals surface area contributed by atoms with E-state index in [1.165, 1.54) is 18.2 Å². The summed E-state index contributed by atoms with van der Waals surface area (Å²) < 4.78 is 13.4. The van der Waals surface area contributed by atoms with Crippen LogP contribution in [0, 0.1) is 5.82 Å². The number of hydrogen-bond acceptors (Lipinski definition) is 3. The van der Waals surface area contributed by atoms with Crippen molar-refractivity contribution in [3.8, 4) is 0 Å². The second-order valence-electron chi connectivity index (χ2n) is 6.29. The Labute approximate surface area is 160 Å². The van der Waals surface area contributed by atoms with E-state index >= 15 is 0 Å². The third-order valence-electron chi connectivity index (χ3n) is 4.54. The number of carbonyl (C=O) groups excluding carboxylic acids is 1. The van der Waals surface area contributed by atoms with Crippen LogP contribution >= 0.6 is 11.6 Å². The molecule has 3 aromatic rings. The summed E-state index contributed by atoms with van der Waals surface area (Å²) in [6, 6.07) is 13.8. The molecule has 1 aliphatic heterocycles. The molecule has 1 atom stereocenters. The quantitative estimate of drug-likeness (QED) is 0.616. The van der Waals surface area contributed by atoms with Crippen molar-refractivity contribution < 1.29 is 9.18 Å². The fourth-order valence-corrected chi connectivity index (χ4v) is 3.49. The van der Waals surface area contributed by atoms with Gasteiger partial charge in [-0.2, -0.15) is 5.10 Å². The van der Waals surface area contributed by atoms with Crippen LogP contribution in [-0.2, 0) is 4.79 Å². The molecule has 1 amide bonds. The van der Waals surface area contributed by atoms with Gasteiger partial charge in [-0.1, -0.05) is 41.9 Å². The van der Waals surface area contributed by atoms with Gasteiger partial charge in [0.1, 0.15) is 11.6 Å². The first-order chi connectivity index (χ1) is 13.0. The molecule has 5 nitrogen and oxygen atoms in total. The lowest BCUT2D eigenvalue weighted by molar-refractivity contribution is -0.113. The first-order valence-corrected chi connectivity index (χ1v) is 8.75. The number of nitrogens with zero attached hydrogens (tertiary/aromatic N) is 1. The zero-order valence-electron chi connectivity index (χ0n) is 14.4. The Morgan fingerprint density at radius 2 is 2.00 bits per heavy atom. The topological polar surface area (TPSA) is 69.8 Å². The summed E-state index contributed by atoms with van der Waals surface area (Å²) in [5.41, 5.74) is 3.57. The average molecular weight is 383 g/mol. The summed E-state index contributed by atoms with van der Waals surface area (Å²) in [6.45, 7) is 1.84. The monoisotopic (exact) mass is 382 g/mol. The van der Waals surface area contributed by atoms with Crippen LogP contribution in [0.3, 0.4) is 0 Å². The van der Waals surface area contributed by atoms with Gasteiger partial charge in [-0.25, -0.2) is 4.39 Å². The molecule has 7 heteroatoms. The first-order valence-electron chi connectivity index (χ1n) is 8.37. The number of hydrogen-bond donors (Lipinski definition) is 3. The molecule has 1 aliphatic rings. The molecule has 0 fully saturated rings. The number of H-pyrrole nitrogens is 1. The van der Waals surface area contributed by atoms with Gasteiger partial charge in [0.15, 0.2) is 0 Å². The van der Waals surface area contributed by atoms with Crippen molar-refractivity contribution in [3.05, 3.63) is 88.0 Å². The molecule has 136 valence electrons. The molecule has 0 spiro atoms. The molecule has 0 saturated heterocycles. The fourth-order valence-electron chi connectivity index (χ4n) is 3.31. The van der Waals surface area contributed by atoms with Crippen LogP contribution in [0.15, 0.2) is 66.0 Å². The molecule has 3 N–H and O–H groups in total. The number of anilines is 2. The van der Waals surface area contributed by atoms with Gasteiger partial charge in [0, 0.05) is 28.4 Å². The molecule has 1 aromatic heterocycles. The van der Waals surface area contributed by atoms with Gasteiger partial charge in [0.25, 0.3) is 5.91 Å². The highest BCUT2D eigenvalue weighted by Gasteiger charge is 2.33. The Bertz CT molecular complexity index is 1050. The minimum atomic E-state index is -0.533. The Morgan fingerprint density at radius 3 is 2.74 bits per heavy atom. The molecule has 0 aliphatic carbocycles. The summed E-state index contributed by atoms with van der Waals surface area (Å²) in [7, 11) is 0. The zero-order chi connectivity index (χ0) is 19.0. The number of rotatable bonds is 3. The number of amides is 1. The highest BCUT2D eigenvalue weighted by molar-refractivity contribution is 6.31. The molecule has 1 unspecified atom stereocenters. The number of halogens is 2. The molecule has 0 saturated carbocycles. The van der Waals surface area contributed by atoms with Crippen LogP contribution in [0.4, 0.5) is 15.9 Å². The molecule has 0 bridgehead atoms. The maximum atomic E-state index is 13.4. The number of benzene rings is 2. The molecule has 27 heavy (non-hydrogen) atoms. The van der Waals surface area contributed by atoms with Gasteiger partial charge in [0.2, 0.25) is 0 Å². The van der Waals surface area contributed by atoms with Crippen molar-refractivity contribution in [2.24, 2.45) is 0 Å². The van der Waals surface area contributed by atoms with Crippen molar-refractivity contribution in [1.29, 1.82) is 0 Å². The summed E-state index contributed by atoms with van der Waals surface area (Å²) >= 11 is 5.83. The Hall–Kier alpha value is -3.12. The molecule has 4 rings (SSSR count). The van der Waals surface area contributed by atoms with E-state index in [0.29, 0.717) is 17.0 Å². The predicted octanol–water partition coefficient (Wildman–Crippen LogP) is 4.67. The highest BCUT2D eigenvalue weighted by atomic mass is 35.5. The third-order valence-corrected chi connectivity index (χ3v) is 4.83. The van der Waals surface area contributed by atoms with Crippen LogP contribution in [0.25, 0.3) is 0 Å². The van der Waals surface area contributed by atoms with Crippen molar-refractivity contribution in [2.45, 2.75) is 12.8 Å². The summed E-state index contributed by atoms with van der Waals surface area (Å²) in [5, 5.41) is 13.0. The number of fused-ring (bicyclic) bond motifs is 1. The Balaban J connectivity index is 1.74. The van der Waals surface area contributed by atoms with E-state index in [2.05, 4.69) is 20.8 Å². The van der Waals surface area contributed by atoms with Crippen LogP contribution in [0.5, 0.6) is 0 Å². The van der Waals surface area contributed by atoms with Gasteiger partial charge in [0.05, 0.1) is 11.2 Å². The van der Waals surface area contributed by atoms with E-state index in [4.69, 9.17) is 11.6 Å². The number of allylic oxidation sites excluding steroid dienone is 1. The largest absolute Gasteiger partial charge is 0.344 e. The maximum Gasteiger partial charge on any atom is 0.254 e. The highest BCUT2D eigenvalue weighted by Crippen LogP contribution is 2.41. The SMILES string of the molecule is CC1=C(C(=O)Nc2ccc(F)c(Cl)c2)C(c2ccccc2)c2cn[nH]c2N1. The normalized spacial score (nSPS) is 15.9. The fraction of sp³-hybridized carbons (Fsp3) is 0.100. The number of carbonyl (C=O) groups is 1. The van der Waals surface area contributed by atoms with Crippen molar-refractivity contribution in [3.63, 3.8) is 0 Å². The predicted molar refractivity (Wildman–Crippen MR) is 103 cm³/mol. The lowest BCUT2D eigenvalue weighted by Crippen LogP contribution is -2.26. The lowest BCUT2D eigenvalue weighted by Gasteiger charge is -2.28. The Morgan fingerprint density at radius 1 is 1.22 bits per heavy atom. The van der Waals surface area contributed by atoms with E-state index in [1.54, 1.807) is 6.20 Å². The van der Waals surface area contributed by atoms with Gasteiger partial charge in [-0.3, -0.25) is 9.89 Å². The minimum absolute atomic E-state index is 0.0444. The number of nitrogens with one attached hydrogen (secondary N) is 3. The first kappa shape index (κ1) is 17.3. The average Bonchev–Trinajstić information content (AvgIpc) is 3.12. The van der Waals surface area contributed by atoms with E-state index < -0.39 is 5.82 Å². The summed E-state index contributed by atoms with van der Waals surface area (Å²) in [6.07, 6.45) is 1.72. The number of aromatic nitrogens is 2. The zero-order valence-corrected chi connectivity index (χ0v) is 15.1. The van der Waals surface area contributed by atoms with Crippen molar-refractivity contribution in [1.82, 2.24) is 10.2 Å². The molecule has 2 aromatic carbocycles. The second-order valence-corrected chi connectivity index (χ2v) is 6.70. The smallest absolute Gasteiger partial charge is 0.254 e. The van der Waals surface area contributed by atoms with Gasteiger partial charge >= 0.3 is 0 Å². The van der Waals surface area contributed by atoms with Crippen molar-refractivity contribution in [2.75, 3.05) is 10.6 Å². The second kappa shape index (κ2) is 6.89. The third kappa shape index (κ3) is 3.19. The maximum absolute atomic E-state index is 13.4. The van der Waals surface area contributed by atoms with E-state index in [-0.39, 0.29) is 16.8 Å². The van der Waals surface area contributed by atoms with Crippen LogP contribution in [0.1, 0.15) is 24.0 Å². The summed E-state index contributed by atoms with van der Waals surface area (Å²) in [5.74, 6) is -0.335. The van der Waals surface area contributed by atoms with E-state index in [0.717, 1.165) is 16.9 Å². The van der Waals surface area contributed by atoms with Crippen LogP contribution in [-0.4, -0.2) is 16.1 Å². The van der Waals surface area contributed by atoms with Gasteiger partial charge in [-0.05, 0) is 30.7 Å². The molecule has 0 radical (unpaired) electrons. The van der Waals surface area contributed by atoms with Gasteiger partial charge in [-0.15, -0.1) is 0 Å². The number of aromatic amines is 1. The minimum Gasteiger partial charge on any atom is -0.344 e. The molecular weight excluding hydrogens is 367 g/mol. The standard InChI is InChI=1S/C20H16ClFN4O/c1-11-17(20(27)25-13-7-8-16(22)15(21)9-13)18(12-5-3-2-4-6-12)14-10-23-26-19(14)24-11/h2-10,18H,1H3,(H,25,27)(H2,23,24,26). The van der Waals surface area contributed by atoms with E-state index in [9.17, 15) is 9.18 Å².